The molecular weight excluding hydrogens is 274 g/mol. The van der Waals surface area contributed by atoms with E-state index in [0.717, 1.165) is 10.0 Å². The summed E-state index contributed by atoms with van der Waals surface area (Å²) in [4.78, 5) is 15.9. The molecule has 0 bridgehead atoms. The molecule has 0 amide bonds. The third-order valence-corrected chi connectivity index (χ3v) is 2.82. The molecule has 4 nitrogen and oxygen atoms in total. The minimum Gasteiger partial charge on any atom is -0.480 e. The zero-order valence-corrected chi connectivity index (χ0v) is 10.5. The number of hydroxylamine groups is 1. The fraction of sp³-hybridized carbons (Fsp3) is 0.364. The summed E-state index contributed by atoms with van der Waals surface area (Å²) in [5.41, 5.74) is 3.46. The summed E-state index contributed by atoms with van der Waals surface area (Å²) in [6.07, 6.45) is 0.372. The van der Waals surface area contributed by atoms with E-state index in [1.807, 2.05) is 24.3 Å². The number of hydrogen-bond donors (Lipinski definition) is 2. The van der Waals surface area contributed by atoms with Crippen LogP contribution in [-0.4, -0.2) is 23.7 Å². The van der Waals surface area contributed by atoms with Crippen LogP contribution in [0.5, 0.6) is 0 Å². The molecule has 0 heterocycles. The van der Waals surface area contributed by atoms with Crippen LogP contribution in [0.2, 0.25) is 0 Å². The van der Waals surface area contributed by atoms with Crippen molar-refractivity contribution in [2.45, 2.75) is 19.4 Å². The first-order valence-electron chi connectivity index (χ1n) is 4.98. The molecule has 0 aliphatic rings. The maximum absolute atomic E-state index is 11.0. The molecule has 5 heteroatoms. The minimum absolute atomic E-state index is 0.372. The summed E-state index contributed by atoms with van der Waals surface area (Å²) in [7, 11) is 0. The van der Waals surface area contributed by atoms with Crippen LogP contribution in [0.15, 0.2) is 28.7 Å². The van der Waals surface area contributed by atoms with Crippen molar-refractivity contribution < 1.29 is 14.7 Å². The van der Waals surface area contributed by atoms with E-state index in [1.165, 1.54) is 0 Å². The van der Waals surface area contributed by atoms with E-state index < -0.39 is 12.0 Å². The molecule has 1 atom stereocenters. The second-order valence-electron chi connectivity index (χ2n) is 3.24. The molecule has 0 spiro atoms. The number of nitrogens with one attached hydrogen (secondary N) is 1. The first-order valence-corrected chi connectivity index (χ1v) is 5.78. The molecule has 0 unspecified atom stereocenters. The lowest BCUT2D eigenvalue weighted by molar-refractivity contribution is -0.143. The largest absolute Gasteiger partial charge is 0.480 e. The van der Waals surface area contributed by atoms with Crippen LogP contribution in [0.3, 0.4) is 0 Å². The van der Waals surface area contributed by atoms with E-state index in [4.69, 9.17) is 9.94 Å². The average molecular weight is 288 g/mol. The van der Waals surface area contributed by atoms with Crippen molar-refractivity contribution in [2.24, 2.45) is 0 Å². The van der Waals surface area contributed by atoms with Crippen LogP contribution in [0.1, 0.15) is 12.5 Å². The lowest BCUT2D eigenvalue weighted by Gasteiger charge is -2.14. The Morgan fingerprint density at radius 3 is 2.81 bits per heavy atom. The summed E-state index contributed by atoms with van der Waals surface area (Å²) in [5.74, 6) is -0.927. The van der Waals surface area contributed by atoms with E-state index >= 15 is 0 Å². The van der Waals surface area contributed by atoms with Crippen LogP contribution in [0, 0.1) is 0 Å². The molecule has 1 aromatic carbocycles. The van der Waals surface area contributed by atoms with Crippen LogP contribution in [-0.2, 0) is 16.1 Å². The Balaban J connectivity index is 2.68. The first kappa shape index (κ1) is 13.2. The molecule has 0 radical (unpaired) electrons. The zero-order valence-electron chi connectivity index (χ0n) is 8.94. The van der Waals surface area contributed by atoms with Crippen LogP contribution in [0.4, 0.5) is 0 Å². The summed E-state index contributed by atoms with van der Waals surface area (Å²) >= 11 is 3.38. The van der Waals surface area contributed by atoms with Gasteiger partial charge in [-0.05, 0) is 18.6 Å². The Bertz CT molecular complexity index is 357. The number of aliphatic carboxylic acids is 1. The highest BCUT2D eigenvalue weighted by Gasteiger charge is 2.18. The molecule has 1 aromatic rings. The van der Waals surface area contributed by atoms with E-state index in [2.05, 4.69) is 21.4 Å². The summed E-state index contributed by atoms with van der Waals surface area (Å²) < 4.78 is 0.902. The zero-order chi connectivity index (χ0) is 12.0. The average Bonchev–Trinajstić information content (AvgIpc) is 2.26. The normalized spacial score (nSPS) is 12.4. The maximum Gasteiger partial charge on any atom is 0.323 e. The molecule has 88 valence electrons. The van der Waals surface area contributed by atoms with Gasteiger partial charge in [-0.15, -0.1) is 0 Å². The van der Waals surface area contributed by atoms with Crippen molar-refractivity contribution >= 4 is 21.9 Å². The summed E-state index contributed by atoms with van der Waals surface area (Å²) in [6.45, 7) is 2.23. The molecular formula is C11H14BrNO3. The molecule has 2 N–H and O–H groups in total. The smallest absolute Gasteiger partial charge is 0.323 e. The van der Waals surface area contributed by atoms with Crippen molar-refractivity contribution in [3.05, 3.63) is 34.3 Å². The number of halogens is 1. The third-order valence-electron chi connectivity index (χ3n) is 2.05. The van der Waals surface area contributed by atoms with Gasteiger partial charge in [0.05, 0.1) is 6.61 Å². The Labute approximate surface area is 103 Å². The number of benzene rings is 1. The summed E-state index contributed by atoms with van der Waals surface area (Å²) in [5, 5.41) is 8.99. The molecule has 0 fully saturated rings. The van der Waals surface area contributed by atoms with Crippen LogP contribution >= 0.6 is 15.9 Å². The van der Waals surface area contributed by atoms with Gasteiger partial charge in [0.15, 0.2) is 0 Å². The number of carboxylic acid groups (broad SMARTS) is 1. The predicted molar refractivity (Wildman–Crippen MR) is 64.0 cm³/mol. The number of hydrogen-bond acceptors (Lipinski definition) is 3. The highest BCUT2D eigenvalue weighted by atomic mass is 79.9. The molecule has 0 aromatic heterocycles. The molecule has 0 saturated carbocycles. The molecule has 1 rings (SSSR count). The van der Waals surface area contributed by atoms with Gasteiger partial charge in [-0.25, -0.2) is 0 Å². The highest BCUT2D eigenvalue weighted by Crippen LogP contribution is 2.17. The van der Waals surface area contributed by atoms with E-state index in [-0.39, 0.29) is 0 Å². The van der Waals surface area contributed by atoms with Gasteiger partial charge in [0.25, 0.3) is 0 Å². The van der Waals surface area contributed by atoms with Crippen molar-refractivity contribution in [3.8, 4) is 0 Å². The van der Waals surface area contributed by atoms with Gasteiger partial charge < -0.3 is 9.94 Å². The molecule has 0 aliphatic heterocycles. The van der Waals surface area contributed by atoms with Gasteiger partial charge in [0.2, 0.25) is 0 Å². The minimum atomic E-state index is -0.927. The van der Waals surface area contributed by atoms with Gasteiger partial charge >= 0.3 is 5.97 Å². The Morgan fingerprint density at radius 1 is 1.56 bits per heavy atom. The van der Waals surface area contributed by atoms with Gasteiger partial charge in [-0.3, -0.25) is 4.79 Å². The van der Waals surface area contributed by atoms with Crippen molar-refractivity contribution in [3.63, 3.8) is 0 Å². The quantitative estimate of drug-likeness (QED) is 0.786. The standard InChI is InChI=1S/C11H14BrNO3/c1-2-16-13-10(11(14)15)7-8-5-3-4-6-9(8)12/h3-6,10,13H,2,7H2,1H3,(H,14,15)/t10-/m0/s1. The van der Waals surface area contributed by atoms with Crippen LogP contribution < -0.4 is 5.48 Å². The van der Waals surface area contributed by atoms with E-state index in [1.54, 1.807) is 6.92 Å². The molecule has 16 heavy (non-hydrogen) atoms. The fourth-order valence-corrected chi connectivity index (χ4v) is 1.69. The fourth-order valence-electron chi connectivity index (χ4n) is 1.25. The lowest BCUT2D eigenvalue weighted by atomic mass is 10.1. The Morgan fingerprint density at radius 2 is 2.25 bits per heavy atom. The van der Waals surface area contributed by atoms with Crippen molar-refractivity contribution in [2.75, 3.05) is 6.61 Å². The maximum atomic E-state index is 11.0. The topological polar surface area (TPSA) is 58.6 Å². The molecule has 0 aliphatic carbocycles. The number of carbonyl (C=O) groups is 1. The second kappa shape index (κ2) is 6.62. The SMILES string of the molecule is CCON[C@@H](Cc1ccccc1Br)C(=O)O. The molecule has 0 saturated heterocycles. The first-order chi connectivity index (χ1) is 7.65. The third kappa shape index (κ3) is 3.92. The van der Waals surface area contributed by atoms with Gasteiger partial charge in [-0.2, -0.15) is 5.48 Å². The van der Waals surface area contributed by atoms with Gasteiger partial charge in [0, 0.05) is 10.9 Å². The van der Waals surface area contributed by atoms with E-state index in [9.17, 15) is 4.79 Å². The lowest BCUT2D eigenvalue weighted by Crippen LogP contribution is -2.38. The van der Waals surface area contributed by atoms with Crippen LogP contribution in [0.25, 0.3) is 0 Å². The monoisotopic (exact) mass is 287 g/mol. The van der Waals surface area contributed by atoms with E-state index in [0.29, 0.717) is 13.0 Å². The second-order valence-corrected chi connectivity index (χ2v) is 4.09. The van der Waals surface area contributed by atoms with Gasteiger partial charge in [-0.1, -0.05) is 34.1 Å². The number of rotatable bonds is 6. The number of carboxylic acids is 1. The van der Waals surface area contributed by atoms with Crippen molar-refractivity contribution in [1.82, 2.24) is 5.48 Å². The Hall–Kier alpha value is -0.910. The van der Waals surface area contributed by atoms with Gasteiger partial charge in [0.1, 0.15) is 6.04 Å². The highest BCUT2D eigenvalue weighted by molar-refractivity contribution is 9.10. The predicted octanol–water partition coefficient (Wildman–Crippen LogP) is 1.99. The van der Waals surface area contributed by atoms with Crippen molar-refractivity contribution in [1.29, 1.82) is 0 Å². The Kier molecular flexibility index (Phi) is 5.45. The summed E-state index contributed by atoms with van der Waals surface area (Å²) in [6, 6.07) is 6.79.